The number of piperazine rings is 1. The van der Waals surface area contributed by atoms with Crippen LogP contribution in [0.5, 0.6) is 0 Å². The van der Waals surface area contributed by atoms with Gasteiger partial charge in [0.1, 0.15) is 5.82 Å². The number of hydrogen-bond acceptors (Lipinski definition) is 4. The van der Waals surface area contributed by atoms with Crippen LogP contribution in [-0.4, -0.2) is 64.8 Å². The Morgan fingerprint density at radius 2 is 1.86 bits per heavy atom. The maximum Gasteiger partial charge on any atom is 0.226 e. The summed E-state index contributed by atoms with van der Waals surface area (Å²) in [5.74, 6) is 0.0717. The van der Waals surface area contributed by atoms with Gasteiger partial charge in [-0.15, -0.1) is 0 Å². The van der Waals surface area contributed by atoms with Gasteiger partial charge in [-0.05, 0) is 43.5 Å². The van der Waals surface area contributed by atoms with Gasteiger partial charge in [0.05, 0.1) is 6.20 Å². The first-order chi connectivity index (χ1) is 14.0. The molecule has 0 radical (unpaired) electrons. The summed E-state index contributed by atoms with van der Waals surface area (Å²) in [4.78, 5) is 17.6. The van der Waals surface area contributed by atoms with Crippen LogP contribution in [-0.2, 0) is 18.4 Å². The lowest BCUT2D eigenvalue weighted by Gasteiger charge is -2.35. The van der Waals surface area contributed by atoms with Crippen molar-refractivity contribution in [2.75, 3.05) is 33.2 Å². The number of rotatable bonds is 5. The molecule has 1 aliphatic heterocycles. The zero-order valence-electron chi connectivity index (χ0n) is 17.2. The van der Waals surface area contributed by atoms with E-state index in [0.717, 1.165) is 56.7 Å². The van der Waals surface area contributed by atoms with Crippen molar-refractivity contribution in [1.29, 1.82) is 0 Å². The number of likely N-dealkylation sites (N-methyl/N-ethyl adjacent to an activating group) is 1. The minimum absolute atomic E-state index is 0.0599. The van der Waals surface area contributed by atoms with Gasteiger partial charge in [-0.3, -0.25) is 9.48 Å². The molecule has 6 nitrogen and oxygen atoms in total. The van der Waals surface area contributed by atoms with Crippen molar-refractivity contribution < 1.29 is 9.18 Å². The van der Waals surface area contributed by atoms with E-state index in [4.69, 9.17) is 0 Å². The van der Waals surface area contributed by atoms with Gasteiger partial charge >= 0.3 is 0 Å². The van der Waals surface area contributed by atoms with Crippen molar-refractivity contribution in [3.05, 3.63) is 53.6 Å². The normalized spacial score (nSPS) is 25.5. The third-order valence-corrected chi connectivity index (χ3v) is 6.35. The molecular formula is C22H30FN5O. The zero-order valence-corrected chi connectivity index (χ0v) is 17.2. The smallest absolute Gasteiger partial charge is 0.226 e. The molecule has 0 unspecified atom stereocenters. The molecule has 1 saturated heterocycles. The van der Waals surface area contributed by atoms with E-state index in [0.29, 0.717) is 0 Å². The summed E-state index contributed by atoms with van der Waals surface area (Å²) in [6.45, 7) is 4.15. The van der Waals surface area contributed by atoms with E-state index in [1.54, 1.807) is 4.68 Å². The maximum atomic E-state index is 13.4. The summed E-state index contributed by atoms with van der Waals surface area (Å²) < 4.78 is 15.2. The molecule has 4 rings (SSSR count). The highest BCUT2D eigenvalue weighted by molar-refractivity contribution is 5.80. The molecule has 1 aromatic heterocycles. The highest BCUT2D eigenvalue weighted by Crippen LogP contribution is 2.41. The second-order valence-electron chi connectivity index (χ2n) is 8.46. The molecule has 2 heterocycles. The predicted molar refractivity (Wildman–Crippen MR) is 110 cm³/mol. The van der Waals surface area contributed by atoms with Crippen LogP contribution < -0.4 is 5.32 Å². The van der Waals surface area contributed by atoms with Crippen molar-refractivity contribution in [2.24, 2.45) is 13.0 Å². The number of carbonyl (C=O) groups excluding carboxylic acids is 1. The van der Waals surface area contributed by atoms with E-state index in [-0.39, 0.29) is 29.6 Å². The summed E-state index contributed by atoms with van der Waals surface area (Å²) in [6, 6.07) is 6.94. The van der Waals surface area contributed by atoms with Crippen molar-refractivity contribution in [3.63, 3.8) is 0 Å². The SMILES string of the molecule is CN1CCN(C(=O)[C@H]2C[C@@H](NCc3cnn(C)c3)C[C@@H]2c2ccc(F)cc2)CC1. The molecule has 156 valence electrons. The lowest BCUT2D eigenvalue weighted by Crippen LogP contribution is -2.49. The van der Waals surface area contributed by atoms with E-state index in [9.17, 15) is 9.18 Å². The predicted octanol–water partition coefficient (Wildman–Crippen LogP) is 1.99. The minimum atomic E-state index is -0.236. The first-order valence-corrected chi connectivity index (χ1v) is 10.4. The number of hydrogen-bond donors (Lipinski definition) is 1. The van der Waals surface area contributed by atoms with Gasteiger partial charge < -0.3 is 15.1 Å². The number of aryl methyl sites for hydroxylation is 1. The van der Waals surface area contributed by atoms with Crippen molar-refractivity contribution in [2.45, 2.75) is 31.3 Å². The monoisotopic (exact) mass is 399 g/mol. The van der Waals surface area contributed by atoms with Gasteiger partial charge in [-0.2, -0.15) is 5.10 Å². The summed E-state index contributed by atoms with van der Waals surface area (Å²) in [5.41, 5.74) is 2.20. The molecule has 1 N–H and O–H groups in total. The minimum Gasteiger partial charge on any atom is -0.340 e. The van der Waals surface area contributed by atoms with Crippen molar-refractivity contribution in [1.82, 2.24) is 24.9 Å². The van der Waals surface area contributed by atoms with E-state index in [2.05, 4.69) is 22.4 Å². The first kappa shape index (κ1) is 20.0. The Balaban J connectivity index is 1.48. The average molecular weight is 400 g/mol. The van der Waals surface area contributed by atoms with Crippen LogP contribution in [0.2, 0.25) is 0 Å². The van der Waals surface area contributed by atoms with Crippen molar-refractivity contribution in [3.8, 4) is 0 Å². The molecule has 2 aliphatic rings. The van der Waals surface area contributed by atoms with Gasteiger partial charge in [0.2, 0.25) is 5.91 Å². The van der Waals surface area contributed by atoms with Crippen LogP contribution >= 0.6 is 0 Å². The lowest BCUT2D eigenvalue weighted by atomic mass is 9.87. The topological polar surface area (TPSA) is 53.4 Å². The highest BCUT2D eigenvalue weighted by atomic mass is 19.1. The fourth-order valence-electron chi connectivity index (χ4n) is 4.64. The van der Waals surface area contributed by atoms with Crippen molar-refractivity contribution >= 4 is 5.91 Å². The molecular weight excluding hydrogens is 369 g/mol. The molecule has 0 bridgehead atoms. The van der Waals surface area contributed by atoms with Crippen LogP contribution in [0.1, 0.15) is 29.9 Å². The maximum absolute atomic E-state index is 13.4. The van der Waals surface area contributed by atoms with Gasteiger partial charge in [0, 0.05) is 63.5 Å². The lowest BCUT2D eigenvalue weighted by molar-refractivity contribution is -0.137. The van der Waals surface area contributed by atoms with Crippen LogP contribution in [0.4, 0.5) is 4.39 Å². The first-order valence-electron chi connectivity index (χ1n) is 10.4. The fraction of sp³-hybridized carbons (Fsp3) is 0.545. The van der Waals surface area contributed by atoms with E-state index < -0.39 is 0 Å². The van der Waals surface area contributed by atoms with Crippen LogP contribution in [0.25, 0.3) is 0 Å². The molecule has 1 saturated carbocycles. The summed E-state index contributed by atoms with van der Waals surface area (Å²) in [7, 11) is 4.01. The molecule has 1 aromatic carbocycles. The summed E-state index contributed by atoms with van der Waals surface area (Å²) >= 11 is 0. The highest BCUT2D eigenvalue weighted by Gasteiger charge is 2.41. The average Bonchev–Trinajstić information content (AvgIpc) is 3.33. The van der Waals surface area contributed by atoms with E-state index in [1.165, 1.54) is 12.1 Å². The van der Waals surface area contributed by atoms with Crippen LogP contribution in [0.3, 0.4) is 0 Å². The van der Waals surface area contributed by atoms with Gasteiger partial charge in [0.25, 0.3) is 0 Å². The number of halogens is 1. The molecule has 3 atom stereocenters. The van der Waals surface area contributed by atoms with Gasteiger partial charge in [-0.25, -0.2) is 4.39 Å². The third kappa shape index (κ3) is 4.67. The second-order valence-corrected chi connectivity index (χ2v) is 8.46. The fourth-order valence-corrected chi connectivity index (χ4v) is 4.64. The summed E-state index contributed by atoms with van der Waals surface area (Å²) in [6.07, 6.45) is 5.57. The van der Waals surface area contributed by atoms with E-state index in [1.807, 2.05) is 36.5 Å². The zero-order chi connectivity index (χ0) is 20.4. The Morgan fingerprint density at radius 3 is 2.52 bits per heavy atom. The van der Waals surface area contributed by atoms with E-state index >= 15 is 0 Å². The Morgan fingerprint density at radius 1 is 1.14 bits per heavy atom. The molecule has 29 heavy (non-hydrogen) atoms. The standard InChI is InChI=1S/C22H30FN5O/c1-26-7-9-28(10-8-26)22(29)21-12-19(24-13-16-14-25-27(2)15-16)11-20(21)17-3-5-18(23)6-4-17/h3-6,14-15,19-21,24H,7-13H2,1-2H3/t19-,20+,21-/m0/s1. The van der Waals surface area contributed by atoms with Gasteiger partial charge in [0.15, 0.2) is 0 Å². The third-order valence-electron chi connectivity index (χ3n) is 6.35. The Labute approximate surface area is 171 Å². The Hall–Kier alpha value is -2.25. The molecule has 2 fully saturated rings. The van der Waals surface area contributed by atoms with Crippen LogP contribution in [0.15, 0.2) is 36.7 Å². The quantitative estimate of drug-likeness (QED) is 0.836. The number of aromatic nitrogens is 2. The number of nitrogens with one attached hydrogen (secondary N) is 1. The molecule has 1 amide bonds. The van der Waals surface area contributed by atoms with Gasteiger partial charge in [-0.1, -0.05) is 12.1 Å². The Bertz CT molecular complexity index is 828. The molecule has 7 heteroatoms. The largest absolute Gasteiger partial charge is 0.340 e. The Kier molecular flexibility index (Phi) is 5.96. The summed E-state index contributed by atoms with van der Waals surface area (Å²) in [5, 5.41) is 7.83. The molecule has 2 aromatic rings. The molecule has 0 spiro atoms. The number of carbonyl (C=O) groups is 1. The molecule has 1 aliphatic carbocycles. The number of nitrogens with zero attached hydrogens (tertiary/aromatic N) is 4. The number of amides is 1. The van der Waals surface area contributed by atoms with Crippen LogP contribution in [0, 0.1) is 11.7 Å². The number of benzene rings is 1. The second kappa shape index (κ2) is 8.63.